The van der Waals surface area contributed by atoms with Gasteiger partial charge in [0, 0.05) is 11.1 Å². The van der Waals surface area contributed by atoms with Crippen molar-refractivity contribution < 1.29 is 14.3 Å². The largest absolute Gasteiger partial charge is 0.496 e. The molecule has 0 atom stereocenters. The SMILES string of the molecule is COc1cc(C)ccc1-c1ccc2c3c1CN(c1ccccc1OC)N3C(=O)C(C)(C)N2. The molecule has 2 aliphatic rings. The van der Waals surface area contributed by atoms with Gasteiger partial charge in [0.2, 0.25) is 0 Å². The molecule has 0 aromatic heterocycles. The Hall–Kier alpha value is -3.67. The minimum Gasteiger partial charge on any atom is -0.496 e. The van der Waals surface area contributed by atoms with E-state index in [2.05, 4.69) is 29.6 Å². The van der Waals surface area contributed by atoms with Crippen LogP contribution in [0.2, 0.25) is 0 Å². The maximum absolute atomic E-state index is 13.6. The number of nitrogens with zero attached hydrogens (tertiary/aromatic N) is 2. The van der Waals surface area contributed by atoms with Gasteiger partial charge in [-0.1, -0.05) is 30.3 Å². The summed E-state index contributed by atoms with van der Waals surface area (Å²) in [4.78, 5) is 13.6. The molecule has 6 nitrogen and oxygen atoms in total. The lowest BCUT2D eigenvalue weighted by molar-refractivity contribution is -0.122. The summed E-state index contributed by atoms with van der Waals surface area (Å²) >= 11 is 0. The highest BCUT2D eigenvalue weighted by molar-refractivity contribution is 6.12. The number of hydrogen-bond donors (Lipinski definition) is 1. The molecule has 0 spiro atoms. The van der Waals surface area contributed by atoms with Crippen LogP contribution in [0.15, 0.2) is 54.6 Å². The van der Waals surface area contributed by atoms with E-state index in [4.69, 9.17) is 9.47 Å². The number of anilines is 3. The molecular formula is C26H27N3O3. The van der Waals surface area contributed by atoms with Gasteiger partial charge in [-0.25, -0.2) is 5.01 Å². The van der Waals surface area contributed by atoms with Gasteiger partial charge in [0.1, 0.15) is 22.7 Å². The summed E-state index contributed by atoms with van der Waals surface area (Å²) in [5.41, 5.74) is 6.22. The van der Waals surface area contributed by atoms with Crippen molar-refractivity contribution in [1.82, 2.24) is 0 Å². The first-order chi connectivity index (χ1) is 15.4. The quantitative estimate of drug-likeness (QED) is 0.622. The first-order valence-electron chi connectivity index (χ1n) is 10.7. The third kappa shape index (κ3) is 2.90. The summed E-state index contributed by atoms with van der Waals surface area (Å²) in [6, 6.07) is 18.2. The van der Waals surface area contributed by atoms with Crippen molar-refractivity contribution in [3.05, 3.63) is 65.7 Å². The number of rotatable bonds is 4. The molecule has 0 fully saturated rings. The van der Waals surface area contributed by atoms with Gasteiger partial charge in [-0.05, 0) is 56.2 Å². The molecule has 1 amide bonds. The second-order valence-corrected chi connectivity index (χ2v) is 8.79. The fraction of sp³-hybridized carbons (Fsp3) is 0.269. The number of nitrogens with one attached hydrogen (secondary N) is 1. The van der Waals surface area contributed by atoms with Crippen LogP contribution >= 0.6 is 0 Å². The van der Waals surface area contributed by atoms with Gasteiger partial charge < -0.3 is 14.8 Å². The molecule has 0 saturated heterocycles. The number of ether oxygens (including phenoxy) is 2. The van der Waals surface area contributed by atoms with Crippen molar-refractivity contribution in [1.29, 1.82) is 0 Å². The number of hydrazine groups is 1. The van der Waals surface area contributed by atoms with Gasteiger partial charge in [-0.3, -0.25) is 9.80 Å². The average molecular weight is 430 g/mol. The molecule has 3 aromatic rings. The number of hydrogen-bond acceptors (Lipinski definition) is 5. The molecule has 0 saturated carbocycles. The van der Waals surface area contributed by atoms with E-state index < -0.39 is 5.54 Å². The normalized spacial score (nSPS) is 16.0. The number of aryl methyl sites for hydroxylation is 1. The molecule has 2 aliphatic heterocycles. The Morgan fingerprint density at radius 3 is 2.41 bits per heavy atom. The highest BCUT2D eigenvalue weighted by Gasteiger charge is 2.47. The van der Waals surface area contributed by atoms with Crippen LogP contribution in [-0.4, -0.2) is 25.7 Å². The first-order valence-corrected chi connectivity index (χ1v) is 10.7. The van der Waals surface area contributed by atoms with Gasteiger partial charge in [-0.2, -0.15) is 0 Å². The molecule has 5 rings (SSSR count). The average Bonchev–Trinajstić information content (AvgIpc) is 3.19. The molecule has 0 radical (unpaired) electrons. The highest BCUT2D eigenvalue weighted by atomic mass is 16.5. The Labute approximate surface area is 188 Å². The van der Waals surface area contributed by atoms with E-state index in [9.17, 15) is 4.79 Å². The zero-order valence-corrected chi connectivity index (χ0v) is 19.0. The van der Waals surface area contributed by atoms with E-state index in [1.165, 1.54) is 0 Å². The van der Waals surface area contributed by atoms with Crippen molar-refractivity contribution >= 4 is 23.0 Å². The fourth-order valence-electron chi connectivity index (χ4n) is 4.66. The van der Waals surface area contributed by atoms with E-state index in [0.29, 0.717) is 6.54 Å². The molecule has 2 heterocycles. The maximum Gasteiger partial charge on any atom is 0.270 e. The molecule has 0 aliphatic carbocycles. The smallest absolute Gasteiger partial charge is 0.270 e. The summed E-state index contributed by atoms with van der Waals surface area (Å²) in [7, 11) is 3.34. The van der Waals surface area contributed by atoms with Gasteiger partial charge in [0.15, 0.2) is 0 Å². The van der Waals surface area contributed by atoms with E-state index in [0.717, 1.165) is 50.8 Å². The minimum atomic E-state index is -0.738. The predicted octanol–water partition coefficient (Wildman–Crippen LogP) is 5.15. The molecule has 0 bridgehead atoms. The standard InChI is InChI=1S/C26H27N3O3/c1-16-10-11-18(23(14-16)32-5)17-12-13-20-24-19(17)15-28(21-8-6-7-9-22(21)31-4)29(24)25(30)26(2,3)27-20/h6-14,27H,15H2,1-5H3. The number of benzene rings is 3. The van der Waals surface area contributed by atoms with Gasteiger partial charge in [-0.15, -0.1) is 0 Å². The fourth-order valence-corrected chi connectivity index (χ4v) is 4.66. The molecule has 164 valence electrons. The second-order valence-electron chi connectivity index (χ2n) is 8.79. The molecule has 32 heavy (non-hydrogen) atoms. The van der Waals surface area contributed by atoms with Crippen LogP contribution in [0.5, 0.6) is 11.5 Å². The van der Waals surface area contributed by atoms with E-state index >= 15 is 0 Å². The molecule has 1 N–H and O–H groups in total. The van der Waals surface area contributed by atoms with Crippen LogP contribution in [0.4, 0.5) is 17.1 Å². The Morgan fingerprint density at radius 1 is 0.938 bits per heavy atom. The zero-order chi connectivity index (χ0) is 22.6. The Balaban J connectivity index is 1.75. The Morgan fingerprint density at radius 2 is 1.66 bits per heavy atom. The van der Waals surface area contributed by atoms with Crippen LogP contribution in [0.1, 0.15) is 25.0 Å². The van der Waals surface area contributed by atoms with Crippen molar-refractivity contribution in [3.8, 4) is 22.6 Å². The first kappa shape index (κ1) is 20.2. The summed E-state index contributed by atoms with van der Waals surface area (Å²) < 4.78 is 11.3. The third-order valence-electron chi connectivity index (χ3n) is 6.23. The number of methoxy groups -OCH3 is 2. The van der Waals surface area contributed by atoms with Gasteiger partial charge in [0.25, 0.3) is 5.91 Å². The lowest BCUT2D eigenvalue weighted by Gasteiger charge is -2.41. The van der Waals surface area contributed by atoms with Crippen LogP contribution in [-0.2, 0) is 11.3 Å². The molecule has 0 unspecified atom stereocenters. The van der Waals surface area contributed by atoms with E-state index in [1.807, 2.05) is 61.1 Å². The number of carbonyl (C=O) groups is 1. The Kier molecular flexibility index (Phi) is 4.55. The molecule has 3 aromatic carbocycles. The van der Waals surface area contributed by atoms with Crippen LogP contribution in [0, 0.1) is 6.92 Å². The predicted molar refractivity (Wildman–Crippen MR) is 128 cm³/mol. The van der Waals surface area contributed by atoms with Crippen LogP contribution < -0.4 is 24.8 Å². The second kappa shape index (κ2) is 7.19. The molecule has 6 heteroatoms. The monoisotopic (exact) mass is 429 g/mol. The lowest BCUT2D eigenvalue weighted by atomic mass is 9.93. The van der Waals surface area contributed by atoms with Gasteiger partial charge in [0.05, 0.1) is 32.1 Å². The number of carbonyl (C=O) groups excluding carboxylic acids is 1. The van der Waals surface area contributed by atoms with E-state index in [1.54, 1.807) is 14.2 Å². The maximum atomic E-state index is 13.6. The van der Waals surface area contributed by atoms with Gasteiger partial charge >= 0.3 is 0 Å². The summed E-state index contributed by atoms with van der Waals surface area (Å²) in [6.07, 6.45) is 0. The van der Waals surface area contributed by atoms with E-state index in [-0.39, 0.29) is 5.91 Å². The summed E-state index contributed by atoms with van der Waals surface area (Å²) in [5, 5.41) is 7.26. The van der Waals surface area contributed by atoms with Crippen molar-refractivity contribution in [2.75, 3.05) is 29.6 Å². The van der Waals surface area contributed by atoms with Crippen molar-refractivity contribution in [2.45, 2.75) is 32.9 Å². The number of para-hydroxylation sites is 2. The van der Waals surface area contributed by atoms with Crippen LogP contribution in [0.25, 0.3) is 11.1 Å². The van der Waals surface area contributed by atoms with Crippen LogP contribution in [0.3, 0.4) is 0 Å². The zero-order valence-electron chi connectivity index (χ0n) is 19.0. The molecular weight excluding hydrogens is 402 g/mol. The summed E-state index contributed by atoms with van der Waals surface area (Å²) in [6.45, 7) is 6.41. The highest BCUT2D eigenvalue weighted by Crippen LogP contribution is 2.51. The Bertz CT molecular complexity index is 1230. The lowest BCUT2D eigenvalue weighted by Crippen LogP contribution is -2.57. The van der Waals surface area contributed by atoms with Crippen molar-refractivity contribution in [2.24, 2.45) is 0 Å². The summed E-state index contributed by atoms with van der Waals surface area (Å²) in [5.74, 6) is 1.53. The number of amides is 1. The minimum absolute atomic E-state index is 0.0114. The third-order valence-corrected chi connectivity index (χ3v) is 6.23. The topological polar surface area (TPSA) is 54.0 Å². The van der Waals surface area contributed by atoms with Crippen molar-refractivity contribution in [3.63, 3.8) is 0 Å².